The lowest BCUT2D eigenvalue weighted by atomic mass is 10.1. The minimum atomic E-state index is -3.98. The maximum Gasteiger partial charge on any atom is 0.262 e. The SMILES string of the molecule is Cc1c(F)cc(CN)cc1S(=O)(=O)Nc1ccc(F)cc1. The molecule has 7 heteroatoms. The molecule has 2 aromatic carbocycles. The van der Waals surface area contributed by atoms with Crippen molar-refractivity contribution in [2.45, 2.75) is 18.4 Å². The van der Waals surface area contributed by atoms with Gasteiger partial charge in [0.05, 0.1) is 4.90 Å². The summed E-state index contributed by atoms with van der Waals surface area (Å²) in [6.07, 6.45) is 0. The van der Waals surface area contributed by atoms with Gasteiger partial charge in [0, 0.05) is 17.8 Å². The van der Waals surface area contributed by atoms with Crippen molar-refractivity contribution >= 4 is 15.7 Å². The van der Waals surface area contributed by atoms with E-state index >= 15 is 0 Å². The van der Waals surface area contributed by atoms with Crippen LogP contribution in [-0.2, 0) is 16.6 Å². The van der Waals surface area contributed by atoms with Crippen molar-refractivity contribution in [2.75, 3.05) is 4.72 Å². The first-order valence-electron chi connectivity index (χ1n) is 6.11. The fourth-order valence-corrected chi connectivity index (χ4v) is 3.20. The minimum Gasteiger partial charge on any atom is -0.326 e. The first-order valence-corrected chi connectivity index (χ1v) is 7.59. The van der Waals surface area contributed by atoms with Gasteiger partial charge in [-0.1, -0.05) is 0 Å². The molecule has 0 aliphatic heterocycles. The number of anilines is 1. The predicted molar refractivity (Wildman–Crippen MR) is 76.2 cm³/mol. The summed E-state index contributed by atoms with van der Waals surface area (Å²) < 4.78 is 53.5. The standard InChI is InChI=1S/C14H14F2N2O2S/c1-9-13(16)6-10(8-17)7-14(9)21(19,20)18-12-4-2-11(15)3-5-12/h2-7,18H,8,17H2,1H3. The topological polar surface area (TPSA) is 72.2 Å². The summed E-state index contributed by atoms with van der Waals surface area (Å²) in [5, 5.41) is 0. The Balaban J connectivity index is 2.44. The maximum absolute atomic E-state index is 13.8. The molecular formula is C14H14F2N2O2S. The third kappa shape index (κ3) is 3.37. The van der Waals surface area contributed by atoms with E-state index in [0.29, 0.717) is 5.56 Å². The van der Waals surface area contributed by atoms with Crippen LogP contribution in [0.4, 0.5) is 14.5 Å². The molecule has 0 heterocycles. The molecule has 2 rings (SSSR count). The van der Waals surface area contributed by atoms with Crippen molar-refractivity contribution in [3.05, 3.63) is 59.2 Å². The Labute approximate surface area is 121 Å². The Morgan fingerprint density at radius 1 is 1.14 bits per heavy atom. The Bertz CT molecular complexity index is 759. The van der Waals surface area contributed by atoms with Crippen molar-refractivity contribution in [3.8, 4) is 0 Å². The summed E-state index contributed by atoms with van der Waals surface area (Å²) in [5.41, 5.74) is 5.99. The van der Waals surface area contributed by atoms with Crippen LogP contribution in [0.25, 0.3) is 0 Å². The molecule has 0 aliphatic rings. The molecule has 3 N–H and O–H groups in total. The molecule has 0 unspecified atom stereocenters. The van der Waals surface area contributed by atoms with Crippen molar-refractivity contribution in [1.82, 2.24) is 0 Å². The smallest absolute Gasteiger partial charge is 0.262 e. The lowest BCUT2D eigenvalue weighted by molar-refractivity contribution is 0.589. The zero-order chi connectivity index (χ0) is 15.6. The van der Waals surface area contributed by atoms with E-state index in [1.54, 1.807) is 0 Å². The molecule has 0 aliphatic carbocycles. The Kier molecular flexibility index (Phi) is 4.24. The lowest BCUT2D eigenvalue weighted by Gasteiger charge is -2.12. The number of hydrogen-bond acceptors (Lipinski definition) is 3. The second kappa shape index (κ2) is 5.79. The molecule has 21 heavy (non-hydrogen) atoms. The Morgan fingerprint density at radius 2 is 1.76 bits per heavy atom. The molecule has 2 aromatic rings. The van der Waals surface area contributed by atoms with E-state index in [1.165, 1.54) is 31.2 Å². The van der Waals surface area contributed by atoms with Crippen LogP contribution in [0.1, 0.15) is 11.1 Å². The summed E-state index contributed by atoms with van der Waals surface area (Å²) in [6.45, 7) is 1.39. The van der Waals surface area contributed by atoms with Crippen LogP contribution >= 0.6 is 0 Å². The normalized spacial score (nSPS) is 11.4. The van der Waals surface area contributed by atoms with E-state index in [1.807, 2.05) is 0 Å². The van der Waals surface area contributed by atoms with E-state index in [-0.39, 0.29) is 22.7 Å². The molecule has 112 valence electrons. The van der Waals surface area contributed by atoms with Gasteiger partial charge >= 0.3 is 0 Å². The third-order valence-corrected chi connectivity index (χ3v) is 4.49. The number of sulfonamides is 1. The number of nitrogens with one attached hydrogen (secondary N) is 1. The average molecular weight is 312 g/mol. The quantitative estimate of drug-likeness (QED) is 0.911. The number of rotatable bonds is 4. The summed E-state index contributed by atoms with van der Waals surface area (Å²) >= 11 is 0. The van der Waals surface area contributed by atoms with Crippen molar-refractivity contribution in [2.24, 2.45) is 5.73 Å². The molecular weight excluding hydrogens is 298 g/mol. The Morgan fingerprint density at radius 3 is 2.33 bits per heavy atom. The molecule has 0 aromatic heterocycles. The van der Waals surface area contributed by atoms with Crippen LogP contribution in [0.5, 0.6) is 0 Å². The second-order valence-electron chi connectivity index (χ2n) is 4.52. The predicted octanol–water partition coefficient (Wildman–Crippen LogP) is 2.53. The van der Waals surface area contributed by atoms with Crippen LogP contribution in [0.15, 0.2) is 41.3 Å². The van der Waals surface area contributed by atoms with Gasteiger partial charge in [-0.25, -0.2) is 17.2 Å². The first kappa shape index (κ1) is 15.4. The lowest BCUT2D eigenvalue weighted by Crippen LogP contribution is -2.16. The molecule has 0 saturated heterocycles. The van der Waals surface area contributed by atoms with Gasteiger partial charge in [-0.05, 0) is 48.9 Å². The first-order chi connectivity index (χ1) is 9.83. The molecule has 0 amide bonds. The van der Waals surface area contributed by atoms with E-state index in [4.69, 9.17) is 5.73 Å². The van der Waals surface area contributed by atoms with E-state index in [2.05, 4.69) is 4.72 Å². The van der Waals surface area contributed by atoms with Crippen molar-refractivity contribution < 1.29 is 17.2 Å². The fraction of sp³-hybridized carbons (Fsp3) is 0.143. The minimum absolute atomic E-state index is 0.00168. The molecule has 0 spiro atoms. The van der Waals surface area contributed by atoms with Gasteiger partial charge in [0.15, 0.2) is 0 Å². The molecule has 0 bridgehead atoms. The Hall–Kier alpha value is -1.99. The number of hydrogen-bond donors (Lipinski definition) is 2. The molecule has 0 fully saturated rings. The monoisotopic (exact) mass is 312 g/mol. The van der Waals surface area contributed by atoms with E-state index in [0.717, 1.165) is 12.1 Å². The van der Waals surface area contributed by atoms with Crippen molar-refractivity contribution in [3.63, 3.8) is 0 Å². The maximum atomic E-state index is 13.8. The highest BCUT2D eigenvalue weighted by molar-refractivity contribution is 7.92. The van der Waals surface area contributed by atoms with E-state index < -0.39 is 21.7 Å². The molecule has 0 saturated carbocycles. The van der Waals surface area contributed by atoms with Crippen LogP contribution in [0, 0.1) is 18.6 Å². The van der Waals surface area contributed by atoms with E-state index in [9.17, 15) is 17.2 Å². The van der Waals surface area contributed by atoms with Gasteiger partial charge in [0.2, 0.25) is 0 Å². The number of nitrogens with two attached hydrogens (primary N) is 1. The van der Waals surface area contributed by atoms with Gasteiger partial charge in [-0.2, -0.15) is 0 Å². The summed E-state index contributed by atoms with van der Waals surface area (Å²) in [6, 6.07) is 7.34. The second-order valence-corrected chi connectivity index (χ2v) is 6.17. The number of benzene rings is 2. The van der Waals surface area contributed by atoms with Gasteiger partial charge in [0.25, 0.3) is 10.0 Å². The zero-order valence-corrected chi connectivity index (χ0v) is 12.0. The summed E-state index contributed by atoms with van der Waals surface area (Å²) in [4.78, 5) is -0.188. The van der Waals surface area contributed by atoms with Gasteiger partial charge in [-0.3, -0.25) is 4.72 Å². The molecule has 0 atom stereocenters. The van der Waals surface area contributed by atoms with Crippen molar-refractivity contribution in [1.29, 1.82) is 0 Å². The largest absolute Gasteiger partial charge is 0.326 e. The zero-order valence-electron chi connectivity index (χ0n) is 11.2. The third-order valence-electron chi connectivity index (χ3n) is 2.98. The van der Waals surface area contributed by atoms with Crippen LogP contribution in [-0.4, -0.2) is 8.42 Å². The van der Waals surface area contributed by atoms with Crippen LogP contribution in [0.2, 0.25) is 0 Å². The molecule has 0 radical (unpaired) electrons. The van der Waals surface area contributed by atoms with Crippen LogP contribution < -0.4 is 10.5 Å². The van der Waals surface area contributed by atoms with Gasteiger partial charge in [-0.15, -0.1) is 0 Å². The molecule has 4 nitrogen and oxygen atoms in total. The number of halogens is 2. The summed E-state index contributed by atoms with van der Waals surface area (Å²) in [7, 11) is -3.98. The van der Waals surface area contributed by atoms with Crippen LogP contribution in [0.3, 0.4) is 0 Å². The summed E-state index contributed by atoms with van der Waals surface area (Å²) in [5.74, 6) is -1.12. The highest BCUT2D eigenvalue weighted by Gasteiger charge is 2.20. The highest BCUT2D eigenvalue weighted by atomic mass is 32.2. The van der Waals surface area contributed by atoms with Gasteiger partial charge < -0.3 is 5.73 Å². The highest BCUT2D eigenvalue weighted by Crippen LogP contribution is 2.23. The average Bonchev–Trinajstić information content (AvgIpc) is 2.43. The fourth-order valence-electron chi connectivity index (χ4n) is 1.83. The van der Waals surface area contributed by atoms with Gasteiger partial charge in [0.1, 0.15) is 11.6 Å².